The molecule has 0 saturated carbocycles. The number of carboxylic acid groups (broad SMARTS) is 1. The summed E-state index contributed by atoms with van der Waals surface area (Å²) in [6.45, 7) is 2.54. The van der Waals surface area contributed by atoms with E-state index in [1.165, 1.54) is 16.0 Å². The molecule has 2 unspecified atom stereocenters. The van der Waals surface area contributed by atoms with E-state index in [1.54, 1.807) is 0 Å². The molecule has 2 N–H and O–H groups in total. The second kappa shape index (κ2) is 10.7. The maximum absolute atomic E-state index is 12.7. The molecule has 2 aromatic carbocycles. The lowest BCUT2D eigenvalue weighted by molar-refractivity contribution is -0.150. The van der Waals surface area contributed by atoms with E-state index in [0.717, 1.165) is 30.4 Å². The van der Waals surface area contributed by atoms with Crippen molar-refractivity contribution in [3.05, 3.63) is 59.7 Å². The van der Waals surface area contributed by atoms with Gasteiger partial charge >= 0.3 is 12.1 Å². The zero-order valence-corrected chi connectivity index (χ0v) is 19.5. The van der Waals surface area contributed by atoms with Gasteiger partial charge in [-0.15, -0.1) is 0 Å². The number of carbonyl (C=O) groups excluding carboxylic acids is 2. The number of fused-ring (bicyclic) bond motifs is 3. The molecule has 0 radical (unpaired) electrons. The highest BCUT2D eigenvalue weighted by Crippen LogP contribution is 2.44. The SMILES string of the molecule is CC(CCC(=O)N1CCCCCC1C(=O)O)NC(=O)OCC1c2ccccc2-c2ccccc21. The molecule has 1 saturated heterocycles. The fourth-order valence-corrected chi connectivity index (χ4v) is 5.06. The Morgan fingerprint density at radius 2 is 1.68 bits per heavy atom. The van der Waals surface area contributed by atoms with Gasteiger partial charge in [0, 0.05) is 24.9 Å². The monoisotopic (exact) mass is 464 g/mol. The van der Waals surface area contributed by atoms with Crippen LogP contribution >= 0.6 is 0 Å². The molecule has 7 heteroatoms. The number of carbonyl (C=O) groups is 3. The van der Waals surface area contributed by atoms with Crippen molar-refractivity contribution in [1.82, 2.24) is 10.2 Å². The highest BCUT2D eigenvalue weighted by atomic mass is 16.5. The minimum absolute atomic E-state index is 0.00831. The first-order valence-corrected chi connectivity index (χ1v) is 12.1. The number of hydrogen-bond donors (Lipinski definition) is 2. The molecule has 2 amide bonds. The lowest BCUT2D eigenvalue weighted by Crippen LogP contribution is -2.45. The Morgan fingerprint density at radius 3 is 2.32 bits per heavy atom. The van der Waals surface area contributed by atoms with Crippen LogP contribution in [0.3, 0.4) is 0 Å². The van der Waals surface area contributed by atoms with Crippen molar-refractivity contribution in [1.29, 1.82) is 0 Å². The molecule has 2 atom stereocenters. The van der Waals surface area contributed by atoms with Crippen molar-refractivity contribution in [2.24, 2.45) is 0 Å². The van der Waals surface area contributed by atoms with E-state index in [2.05, 4.69) is 29.6 Å². The van der Waals surface area contributed by atoms with Crippen LogP contribution in [0, 0.1) is 0 Å². The van der Waals surface area contributed by atoms with Gasteiger partial charge in [-0.05, 0) is 48.4 Å². The molecule has 1 aliphatic heterocycles. The van der Waals surface area contributed by atoms with E-state index in [-0.39, 0.29) is 30.9 Å². The number of nitrogens with zero attached hydrogens (tertiary/aromatic N) is 1. The van der Waals surface area contributed by atoms with Crippen LogP contribution in [0.4, 0.5) is 4.79 Å². The molecule has 0 aromatic heterocycles. The van der Waals surface area contributed by atoms with E-state index in [9.17, 15) is 19.5 Å². The van der Waals surface area contributed by atoms with Gasteiger partial charge in [0.1, 0.15) is 12.6 Å². The first kappa shape index (κ1) is 23.8. The highest BCUT2D eigenvalue weighted by molar-refractivity contribution is 5.84. The Bertz CT molecular complexity index is 1010. The number of carboxylic acids is 1. The van der Waals surface area contributed by atoms with E-state index >= 15 is 0 Å². The summed E-state index contributed by atoms with van der Waals surface area (Å²) in [7, 11) is 0. The van der Waals surface area contributed by atoms with Gasteiger partial charge in [-0.1, -0.05) is 61.4 Å². The van der Waals surface area contributed by atoms with Crippen molar-refractivity contribution in [3.63, 3.8) is 0 Å². The number of nitrogens with one attached hydrogen (secondary N) is 1. The molecule has 7 nitrogen and oxygen atoms in total. The van der Waals surface area contributed by atoms with E-state index in [1.807, 2.05) is 31.2 Å². The zero-order chi connectivity index (χ0) is 24.1. The topological polar surface area (TPSA) is 95.9 Å². The summed E-state index contributed by atoms with van der Waals surface area (Å²) < 4.78 is 5.58. The molecule has 0 spiro atoms. The van der Waals surface area contributed by atoms with Crippen LogP contribution in [0.15, 0.2) is 48.5 Å². The number of alkyl carbamates (subject to hydrolysis) is 1. The second-order valence-corrected chi connectivity index (χ2v) is 9.20. The summed E-state index contributed by atoms with van der Waals surface area (Å²) in [5.74, 6) is -1.12. The van der Waals surface area contributed by atoms with Crippen LogP contribution in [0.1, 0.15) is 62.5 Å². The lowest BCUT2D eigenvalue weighted by atomic mass is 9.98. The Balaban J connectivity index is 1.28. The average Bonchev–Trinajstić information content (AvgIpc) is 2.96. The molecule has 2 aliphatic rings. The van der Waals surface area contributed by atoms with E-state index in [4.69, 9.17) is 4.74 Å². The number of aliphatic carboxylic acids is 1. The lowest BCUT2D eigenvalue weighted by Gasteiger charge is -2.27. The quantitative estimate of drug-likeness (QED) is 0.627. The largest absolute Gasteiger partial charge is 0.480 e. The predicted molar refractivity (Wildman–Crippen MR) is 129 cm³/mol. The first-order chi connectivity index (χ1) is 16.5. The van der Waals surface area contributed by atoms with Gasteiger partial charge in [-0.25, -0.2) is 9.59 Å². The van der Waals surface area contributed by atoms with Gasteiger partial charge in [-0.2, -0.15) is 0 Å². The van der Waals surface area contributed by atoms with Gasteiger partial charge < -0.3 is 20.1 Å². The van der Waals surface area contributed by atoms with Crippen molar-refractivity contribution < 1.29 is 24.2 Å². The molecule has 1 heterocycles. The third-order valence-corrected chi connectivity index (χ3v) is 6.86. The number of rotatable bonds is 7. The van der Waals surface area contributed by atoms with Crippen LogP contribution in [0.25, 0.3) is 11.1 Å². The fraction of sp³-hybridized carbons (Fsp3) is 0.444. The molecule has 4 rings (SSSR count). The minimum Gasteiger partial charge on any atom is -0.480 e. The Labute approximate surface area is 200 Å². The molecule has 180 valence electrons. The number of amides is 2. The zero-order valence-electron chi connectivity index (χ0n) is 19.5. The third-order valence-electron chi connectivity index (χ3n) is 6.86. The van der Waals surface area contributed by atoms with Crippen LogP contribution in [-0.4, -0.2) is 53.2 Å². The first-order valence-electron chi connectivity index (χ1n) is 12.1. The van der Waals surface area contributed by atoms with Gasteiger partial charge in [0.2, 0.25) is 5.91 Å². The van der Waals surface area contributed by atoms with Crippen molar-refractivity contribution >= 4 is 18.0 Å². The molecular weight excluding hydrogens is 432 g/mol. The summed E-state index contributed by atoms with van der Waals surface area (Å²) >= 11 is 0. The molecule has 1 fully saturated rings. The molecule has 0 bridgehead atoms. The third kappa shape index (κ3) is 5.24. The fourth-order valence-electron chi connectivity index (χ4n) is 5.06. The van der Waals surface area contributed by atoms with Crippen LogP contribution in [0.2, 0.25) is 0 Å². The maximum Gasteiger partial charge on any atom is 0.407 e. The van der Waals surface area contributed by atoms with Crippen molar-refractivity contribution in [2.45, 2.75) is 63.5 Å². The maximum atomic E-state index is 12.7. The molecule has 2 aromatic rings. The summed E-state index contributed by atoms with van der Waals surface area (Å²) in [5, 5.41) is 12.3. The van der Waals surface area contributed by atoms with Crippen molar-refractivity contribution in [3.8, 4) is 11.1 Å². The second-order valence-electron chi connectivity index (χ2n) is 9.20. The van der Waals surface area contributed by atoms with Crippen LogP contribution < -0.4 is 5.32 Å². The summed E-state index contributed by atoms with van der Waals surface area (Å²) in [4.78, 5) is 38.2. The Morgan fingerprint density at radius 1 is 1.03 bits per heavy atom. The van der Waals surface area contributed by atoms with Gasteiger partial charge in [0.05, 0.1) is 0 Å². The molecule has 34 heavy (non-hydrogen) atoms. The summed E-state index contributed by atoms with van der Waals surface area (Å²) in [6.07, 6.45) is 3.17. The average molecular weight is 465 g/mol. The van der Waals surface area contributed by atoms with E-state index < -0.39 is 18.1 Å². The van der Waals surface area contributed by atoms with E-state index in [0.29, 0.717) is 19.4 Å². The minimum atomic E-state index is -0.944. The van der Waals surface area contributed by atoms with Crippen molar-refractivity contribution in [2.75, 3.05) is 13.2 Å². The summed E-state index contributed by atoms with van der Waals surface area (Å²) in [5.41, 5.74) is 4.65. The smallest absolute Gasteiger partial charge is 0.407 e. The van der Waals surface area contributed by atoms with Crippen LogP contribution in [0.5, 0.6) is 0 Å². The Hall–Kier alpha value is -3.35. The highest BCUT2D eigenvalue weighted by Gasteiger charge is 2.31. The van der Waals surface area contributed by atoms with Gasteiger partial charge in [0.15, 0.2) is 0 Å². The molecular formula is C27H32N2O5. The van der Waals surface area contributed by atoms with Gasteiger partial charge in [-0.3, -0.25) is 4.79 Å². The number of ether oxygens (including phenoxy) is 1. The van der Waals surface area contributed by atoms with Gasteiger partial charge in [0.25, 0.3) is 0 Å². The number of hydrogen-bond acceptors (Lipinski definition) is 4. The Kier molecular flexibility index (Phi) is 7.50. The number of likely N-dealkylation sites (tertiary alicyclic amines) is 1. The standard InChI is InChI=1S/C27H32N2O5/c1-18(14-15-25(30)29-16-8-2-3-13-24(29)26(31)32)28-27(33)34-17-23-21-11-6-4-9-19(21)20-10-5-7-12-22(20)23/h4-7,9-12,18,23-24H,2-3,8,13-17H2,1H3,(H,28,33)(H,31,32). The summed E-state index contributed by atoms with van der Waals surface area (Å²) in [6, 6.07) is 15.3. The molecule has 1 aliphatic carbocycles. The predicted octanol–water partition coefficient (Wildman–Crippen LogP) is 4.55. The van der Waals surface area contributed by atoms with Crippen LogP contribution in [-0.2, 0) is 14.3 Å². The number of benzene rings is 2. The normalized spacial score (nSPS) is 18.4.